The minimum absolute atomic E-state index is 0.628. The van der Waals surface area contributed by atoms with Gasteiger partial charge >= 0.3 is 0 Å². The maximum absolute atomic E-state index is 3.76. The van der Waals surface area contributed by atoms with Gasteiger partial charge in [0.1, 0.15) is 0 Å². The molecule has 1 atom stereocenters. The van der Waals surface area contributed by atoms with Crippen LogP contribution in [0.2, 0.25) is 25.7 Å². The average molecular weight is 182 g/mol. The van der Waals surface area contributed by atoms with Gasteiger partial charge in [-0.1, -0.05) is 44.8 Å². The summed E-state index contributed by atoms with van der Waals surface area (Å²) >= 11 is 0. The quantitative estimate of drug-likeness (QED) is 0.444. The molecule has 12 heavy (non-hydrogen) atoms. The summed E-state index contributed by atoms with van der Waals surface area (Å²) in [5.74, 6) is 0.628. The van der Waals surface area contributed by atoms with Crippen LogP contribution in [0.15, 0.2) is 24.8 Å². The number of allylic oxidation sites excluding steroid dienone is 3. The van der Waals surface area contributed by atoms with Crippen LogP contribution in [0.25, 0.3) is 0 Å². The van der Waals surface area contributed by atoms with Crippen molar-refractivity contribution in [2.24, 2.45) is 5.92 Å². The summed E-state index contributed by atoms with van der Waals surface area (Å²) in [6.45, 7) is 13.2. The van der Waals surface area contributed by atoms with Gasteiger partial charge in [0, 0.05) is 8.07 Å². The fourth-order valence-electron chi connectivity index (χ4n) is 0.844. The van der Waals surface area contributed by atoms with Crippen LogP contribution in [0.5, 0.6) is 0 Å². The average Bonchev–Trinajstić information content (AvgIpc) is 1.96. The van der Waals surface area contributed by atoms with Crippen molar-refractivity contribution in [3.63, 3.8) is 0 Å². The Morgan fingerprint density at radius 1 is 1.25 bits per heavy atom. The standard InChI is InChI=1S/C11H22Si/c1-6-11(2)9-7-8-10-12(3,4)5/h6-8,11H,1,9-10H2,2-5H3. The van der Waals surface area contributed by atoms with Crippen LogP contribution < -0.4 is 0 Å². The van der Waals surface area contributed by atoms with E-state index in [0.717, 1.165) is 6.42 Å². The third kappa shape index (κ3) is 7.80. The van der Waals surface area contributed by atoms with Gasteiger partial charge in [0.2, 0.25) is 0 Å². The molecule has 70 valence electrons. The predicted octanol–water partition coefficient (Wildman–Crippen LogP) is 4.09. The molecule has 0 heterocycles. The van der Waals surface area contributed by atoms with Crippen molar-refractivity contribution in [2.75, 3.05) is 0 Å². The van der Waals surface area contributed by atoms with E-state index >= 15 is 0 Å². The Bertz CT molecular complexity index is 151. The number of hydrogen-bond donors (Lipinski definition) is 0. The highest BCUT2D eigenvalue weighted by atomic mass is 28.3. The van der Waals surface area contributed by atoms with Crippen LogP contribution in [-0.2, 0) is 0 Å². The third-order valence-corrected chi connectivity index (χ3v) is 3.27. The van der Waals surface area contributed by atoms with Crippen LogP contribution in [0.4, 0.5) is 0 Å². The molecule has 0 nitrogen and oxygen atoms in total. The molecule has 1 heteroatoms. The lowest BCUT2D eigenvalue weighted by Crippen LogP contribution is -2.17. The van der Waals surface area contributed by atoms with Crippen molar-refractivity contribution in [1.29, 1.82) is 0 Å². The largest absolute Gasteiger partial charge is 0.103 e. The summed E-state index contributed by atoms with van der Waals surface area (Å²) in [6.07, 6.45) is 7.80. The summed E-state index contributed by atoms with van der Waals surface area (Å²) in [4.78, 5) is 0. The van der Waals surface area contributed by atoms with Crippen LogP contribution in [-0.4, -0.2) is 8.07 Å². The highest BCUT2D eigenvalue weighted by Crippen LogP contribution is 2.10. The molecule has 0 saturated carbocycles. The lowest BCUT2D eigenvalue weighted by atomic mass is 10.1. The zero-order valence-corrected chi connectivity index (χ0v) is 9.93. The normalized spacial score (nSPS) is 15.0. The molecule has 0 amide bonds. The topological polar surface area (TPSA) is 0 Å². The minimum atomic E-state index is -0.852. The first-order valence-corrected chi connectivity index (χ1v) is 8.44. The van der Waals surface area contributed by atoms with Gasteiger partial charge in [0.05, 0.1) is 0 Å². The maximum atomic E-state index is 3.76. The van der Waals surface area contributed by atoms with Crippen molar-refractivity contribution in [2.45, 2.75) is 39.0 Å². The van der Waals surface area contributed by atoms with Gasteiger partial charge in [0.25, 0.3) is 0 Å². The summed E-state index contributed by atoms with van der Waals surface area (Å²) < 4.78 is 0. The van der Waals surface area contributed by atoms with E-state index in [2.05, 4.69) is 45.3 Å². The first-order valence-electron chi connectivity index (χ1n) is 4.73. The predicted molar refractivity (Wildman–Crippen MR) is 61.3 cm³/mol. The van der Waals surface area contributed by atoms with E-state index in [4.69, 9.17) is 0 Å². The van der Waals surface area contributed by atoms with Gasteiger partial charge in [-0.05, 0) is 18.4 Å². The summed E-state index contributed by atoms with van der Waals surface area (Å²) in [5.41, 5.74) is 0. The van der Waals surface area contributed by atoms with Gasteiger partial charge in [-0.15, -0.1) is 6.58 Å². The minimum Gasteiger partial charge on any atom is -0.103 e. The highest BCUT2D eigenvalue weighted by molar-refractivity contribution is 6.76. The van der Waals surface area contributed by atoms with Gasteiger partial charge in [0.15, 0.2) is 0 Å². The van der Waals surface area contributed by atoms with Crippen LogP contribution in [0.3, 0.4) is 0 Å². The maximum Gasteiger partial charge on any atom is 0.0480 e. The monoisotopic (exact) mass is 182 g/mol. The van der Waals surface area contributed by atoms with E-state index < -0.39 is 8.07 Å². The second-order valence-electron chi connectivity index (χ2n) is 4.68. The Morgan fingerprint density at radius 3 is 2.25 bits per heavy atom. The van der Waals surface area contributed by atoms with E-state index in [9.17, 15) is 0 Å². The summed E-state index contributed by atoms with van der Waals surface area (Å²) in [6, 6.07) is 1.30. The molecule has 0 bridgehead atoms. The van der Waals surface area contributed by atoms with Crippen molar-refractivity contribution >= 4 is 8.07 Å². The second kappa shape index (κ2) is 5.36. The van der Waals surface area contributed by atoms with Crippen LogP contribution in [0.1, 0.15) is 13.3 Å². The van der Waals surface area contributed by atoms with Crippen molar-refractivity contribution in [3.8, 4) is 0 Å². The van der Waals surface area contributed by atoms with Crippen LogP contribution in [0, 0.1) is 5.92 Å². The summed E-state index contributed by atoms with van der Waals surface area (Å²) in [5, 5.41) is 0. The van der Waals surface area contributed by atoms with Crippen LogP contribution >= 0.6 is 0 Å². The molecule has 0 aliphatic heterocycles. The first-order chi connectivity index (χ1) is 5.45. The van der Waals surface area contributed by atoms with E-state index in [1.54, 1.807) is 0 Å². The molecular weight excluding hydrogens is 160 g/mol. The van der Waals surface area contributed by atoms with E-state index in [1.165, 1.54) is 6.04 Å². The zero-order valence-electron chi connectivity index (χ0n) is 8.93. The SMILES string of the molecule is C=CC(C)CC=CC[Si](C)(C)C. The first kappa shape index (κ1) is 11.7. The molecule has 0 spiro atoms. The van der Waals surface area contributed by atoms with Crippen molar-refractivity contribution < 1.29 is 0 Å². The molecular formula is C11H22Si. The molecule has 1 unspecified atom stereocenters. The van der Waals surface area contributed by atoms with Crippen molar-refractivity contribution in [1.82, 2.24) is 0 Å². The Kier molecular flexibility index (Phi) is 5.23. The molecule has 0 aromatic rings. The molecule has 0 aromatic heterocycles. The molecule has 0 aliphatic rings. The second-order valence-corrected chi connectivity index (χ2v) is 10.2. The lowest BCUT2D eigenvalue weighted by molar-refractivity contribution is 0.746. The Balaban J connectivity index is 3.57. The Labute approximate surface area is 78.4 Å². The molecule has 0 N–H and O–H groups in total. The zero-order chi connectivity index (χ0) is 9.61. The van der Waals surface area contributed by atoms with Gasteiger partial charge < -0.3 is 0 Å². The molecule has 0 aromatic carbocycles. The summed E-state index contributed by atoms with van der Waals surface area (Å²) in [7, 11) is -0.852. The fourth-order valence-corrected chi connectivity index (χ4v) is 1.72. The molecule has 0 saturated heterocycles. The highest BCUT2D eigenvalue weighted by Gasteiger charge is 2.09. The Morgan fingerprint density at radius 2 is 1.83 bits per heavy atom. The Hall–Kier alpha value is -0.303. The van der Waals surface area contributed by atoms with Gasteiger partial charge in [-0.3, -0.25) is 0 Å². The van der Waals surface area contributed by atoms with E-state index in [-0.39, 0.29) is 0 Å². The smallest absolute Gasteiger partial charge is 0.0480 e. The van der Waals surface area contributed by atoms with Gasteiger partial charge in [-0.2, -0.15) is 0 Å². The fraction of sp³-hybridized carbons (Fsp3) is 0.636. The number of hydrogen-bond acceptors (Lipinski definition) is 0. The van der Waals surface area contributed by atoms with Crippen molar-refractivity contribution in [3.05, 3.63) is 24.8 Å². The lowest BCUT2D eigenvalue weighted by Gasteiger charge is -2.11. The molecule has 0 aliphatic carbocycles. The van der Waals surface area contributed by atoms with E-state index in [0.29, 0.717) is 5.92 Å². The van der Waals surface area contributed by atoms with E-state index in [1.807, 2.05) is 6.08 Å². The third-order valence-electron chi connectivity index (χ3n) is 1.81. The molecule has 0 radical (unpaired) electrons. The number of rotatable bonds is 5. The molecule has 0 rings (SSSR count). The molecule has 0 fully saturated rings. The van der Waals surface area contributed by atoms with Gasteiger partial charge in [-0.25, -0.2) is 0 Å².